The highest BCUT2D eigenvalue weighted by molar-refractivity contribution is 7.89. The Morgan fingerprint density at radius 1 is 1.12 bits per heavy atom. The van der Waals surface area contributed by atoms with Gasteiger partial charge < -0.3 is 10.0 Å². The Morgan fingerprint density at radius 2 is 1.73 bits per heavy atom. The second-order valence-corrected chi connectivity index (χ2v) is 7.87. The summed E-state index contributed by atoms with van der Waals surface area (Å²) in [5.74, 6) is 0.534. The zero-order valence-electron chi connectivity index (χ0n) is 13.9. The fourth-order valence-electron chi connectivity index (χ4n) is 3.29. The maximum atomic E-state index is 11.4. The van der Waals surface area contributed by atoms with Crippen LogP contribution < -0.4 is 10.0 Å². The van der Waals surface area contributed by atoms with E-state index in [4.69, 9.17) is 5.14 Å². The summed E-state index contributed by atoms with van der Waals surface area (Å²) in [5, 5.41) is 25.8. The molecule has 0 atom stereocenters. The molecule has 0 saturated carbocycles. The molecule has 1 fully saturated rings. The minimum atomic E-state index is -4.00. The number of nitrogens with two attached hydrogens (primary N) is 1. The first-order chi connectivity index (χ1) is 12.3. The van der Waals surface area contributed by atoms with Crippen LogP contribution in [-0.2, 0) is 10.0 Å². The number of primary sulfonamides is 1. The molecule has 0 bridgehead atoms. The van der Waals surface area contributed by atoms with E-state index in [0.29, 0.717) is 24.7 Å². The standard InChI is InChI=1S/C17H19N3O5S/c18-26(24,25)15-5-6-16(17(11-15)20(22)23)19-9-7-13(8-10-19)12-1-3-14(21)4-2-12/h1-6,11,13,21H,7-10H2,(H2,18,24,25). The number of phenols is 1. The third-order valence-electron chi connectivity index (χ3n) is 4.67. The SMILES string of the molecule is NS(=O)(=O)c1ccc(N2CCC(c3ccc(O)cc3)CC2)c([N+](=O)[O-])c1. The van der Waals surface area contributed by atoms with Gasteiger partial charge in [0.05, 0.1) is 9.82 Å². The van der Waals surface area contributed by atoms with Crippen molar-refractivity contribution in [2.75, 3.05) is 18.0 Å². The lowest BCUT2D eigenvalue weighted by Crippen LogP contribution is -2.33. The number of benzene rings is 2. The third kappa shape index (κ3) is 3.78. The number of piperidine rings is 1. The van der Waals surface area contributed by atoms with Crippen LogP contribution in [-0.4, -0.2) is 31.5 Å². The van der Waals surface area contributed by atoms with Crippen LogP contribution in [0.1, 0.15) is 24.3 Å². The first-order valence-electron chi connectivity index (χ1n) is 8.11. The molecule has 2 aromatic rings. The van der Waals surface area contributed by atoms with Crippen molar-refractivity contribution in [3.8, 4) is 5.75 Å². The zero-order valence-corrected chi connectivity index (χ0v) is 14.7. The van der Waals surface area contributed by atoms with Gasteiger partial charge >= 0.3 is 0 Å². The molecule has 0 amide bonds. The van der Waals surface area contributed by atoms with E-state index in [1.165, 1.54) is 12.1 Å². The average molecular weight is 377 g/mol. The van der Waals surface area contributed by atoms with E-state index in [-0.39, 0.29) is 16.3 Å². The van der Waals surface area contributed by atoms with Crippen molar-refractivity contribution in [1.82, 2.24) is 0 Å². The number of anilines is 1. The fraction of sp³-hybridized carbons (Fsp3) is 0.294. The number of rotatable bonds is 4. The molecule has 3 N–H and O–H groups in total. The number of nitrogens with zero attached hydrogens (tertiary/aromatic N) is 2. The highest BCUT2D eigenvalue weighted by Crippen LogP contribution is 2.36. The number of nitro benzene ring substituents is 1. The molecule has 3 rings (SSSR count). The van der Waals surface area contributed by atoms with Gasteiger partial charge in [0.2, 0.25) is 10.0 Å². The van der Waals surface area contributed by atoms with E-state index in [0.717, 1.165) is 24.5 Å². The van der Waals surface area contributed by atoms with Crippen LogP contribution >= 0.6 is 0 Å². The van der Waals surface area contributed by atoms with Gasteiger partial charge in [0.25, 0.3) is 5.69 Å². The van der Waals surface area contributed by atoms with Crippen LogP contribution in [0.4, 0.5) is 11.4 Å². The lowest BCUT2D eigenvalue weighted by Gasteiger charge is -2.33. The van der Waals surface area contributed by atoms with E-state index in [2.05, 4.69) is 0 Å². The molecule has 1 heterocycles. The first kappa shape index (κ1) is 18.2. The summed E-state index contributed by atoms with van der Waals surface area (Å²) in [6.07, 6.45) is 1.61. The molecule has 2 aromatic carbocycles. The third-order valence-corrected chi connectivity index (χ3v) is 5.58. The largest absolute Gasteiger partial charge is 0.508 e. The van der Waals surface area contributed by atoms with Gasteiger partial charge in [-0.05, 0) is 48.6 Å². The van der Waals surface area contributed by atoms with Gasteiger partial charge in [-0.15, -0.1) is 0 Å². The summed E-state index contributed by atoms with van der Waals surface area (Å²) in [5.41, 5.74) is 1.26. The minimum Gasteiger partial charge on any atom is -0.508 e. The number of hydrogen-bond acceptors (Lipinski definition) is 6. The van der Waals surface area contributed by atoms with Gasteiger partial charge in [-0.2, -0.15) is 0 Å². The van der Waals surface area contributed by atoms with Crippen LogP contribution in [0.5, 0.6) is 5.75 Å². The quantitative estimate of drug-likeness (QED) is 0.622. The molecule has 8 nitrogen and oxygen atoms in total. The van der Waals surface area contributed by atoms with Crippen LogP contribution in [0.15, 0.2) is 47.4 Å². The molecule has 1 aliphatic heterocycles. The van der Waals surface area contributed by atoms with Crippen LogP contribution in [0, 0.1) is 10.1 Å². The van der Waals surface area contributed by atoms with Gasteiger partial charge in [-0.3, -0.25) is 10.1 Å². The van der Waals surface area contributed by atoms with Crippen LogP contribution in [0.3, 0.4) is 0 Å². The molecular weight excluding hydrogens is 358 g/mol. The van der Waals surface area contributed by atoms with Crippen molar-refractivity contribution in [2.45, 2.75) is 23.7 Å². The Balaban J connectivity index is 1.80. The molecule has 1 saturated heterocycles. The van der Waals surface area contributed by atoms with Crippen molar-refractivity contribution < 1.29 is 18.4 Å². The molecule has 1 aliphatic rings. The lowest BCUT2D eigenvalue weighted by molar-refractivity contribution is -0.384. The molecule has 138 valence electrons. The number of hydrogen-bond donors (Lipinski definition) is 2. The maximum absolute atomic E-state index is 11.4. The summed E-state index contributed by atoms with van der Waals surface area (Å²) in [7, 11) is -4.00. The van der Waals surface area contributed by atoms with Crippen molar-refractivity contribution in [3.63, 3.8) is 0 Å². The fourth-order valence-corrected chi connectivity index (χ4v) is 3.83. The maximum Gasteiger partial charge on any atom is 0.293 e. The van der Waals surface area contributed by atoms with Crippen molar-refractivity contribution in [3.05, 3.63) is 58.1 Å². The highest BCUT2D eigenvalue weighted by atomic mass is 32.2. The zero-order chi connectivity index (χ0) is 18.9. The second kappa shape index (κ2) is 6.93. The molecule has 0 aliphatic carbocycles. The summed E-state index contributed by atoms with van der Waals surface area (Å²) < 4.78 is 22.9. The number of phenolic OH excluding ortho intramolecular Hbond substituents is 1. The summed E-state index contributed by atoms with van der Waals surface area (Å²) >= 11 is 0. The highest BCUT2D eigenvalue weighted by Gasteiger charge is 2.27. The molecular formula is C17H19N3O5S. The van der Waals surface area contributed by atoms with E-state index in [1.54, 1.807) is 12.1 Å². The second-order valence-electron chi connectivity index (χ2n) is 6.31. The number of aromatic hydroxyl groups is 1. The smallest absolute Gasteiger partial charge is 0.293 e. The van der Waals surface area contributed by atoms with Gasteiger partial charge in [-0.1, -0.05) is 12.1 Å². The van der Waals surface area contributed by atoms with Gasteiger partial charge in [-0.25, -0.2) is 13.6 Å². The van der Waals surface area contributed by atoms with Crippen molar-refractivity contribution >= 4 is 21.4 Å². The molecule has 0 radical (unpaired) electrons. The van der Waals surface area contributed by atoms with E-state index in [1.807, 2.05) is 17.0 Å². The van der Waals surface area contributed by atoms with Gasteiger partial charge in [0, 0.05) is 19.2 Å². The molecule has 0 spiro atoms. The monoisotopic (exact) mass is 377 g/mol. The normalized spacial score (nSPS) is 15.8. The van der Waals surface area contributed by atoms with E-state index >= 15 is 0 Å². The Hall–Kier alpha value is -2.65. The Labute approximate surface area is 151 Å². The Bertz CT molecular complexity index is 920. The Morgan fingerprint density at radius 3 is 2.27 bits per heavy atom. The number of nitro groups is 1. The van der Waals surface area contributed by atoms with Crippen LogP contribution in [0.2, 0.25) is 0 Å². The first-order valence-corrected chi connectivity index (χ1v) is 9.65. The predicted octanol–water partition coefficient (Wildman–Crippen LogP) is 2.33. The molecule has 0 aromatic heterocycles. The summed E-state index contributed by atoms with van der Waals surface area (Å²) in [6, 6.07) is 10.8. The molecule has 26 heavy (non-hydrogen) atoms. The van der Waals surface area contributed by atoms with Crippen LogP contribution in [0.25, 0.3) is 0 Å². The lowest BCUT2D eigenvalue weighted by atomic mass is 9.89. The number of sulfonamides is 1. The predicted molar refractivity (Wildman–Crippen MR) is 96.8 cm³/mol. The minimum absolute atomic E-state index is 0.219. The van der Waals surface area contributed by atoms with Crippen molar-refractivity contribution in [2.24, 2.45) is 5.14 Å². The topological polar surface area (TPSA) is 127 Å². The Kier molecular flexibility index (Phi) is 4.84. The van der Waals surface area contributed by atoms with Gasteiger partial charge in [0.1, 0.15) is 11.4 Å². The van der Waals surface area contributed by atoms with E-state index in [9.17, 15) is 23.6 Å². The van der Waals surface area contributed by atoms with E-state index < -0.39 is 14.9 Å². The summed E-state index contributed by atoms with van der Waals surface area (Å²) in [6.45, 7) is 1.22. The molecule has 9 heteroatoms. The summed E-state index contributed by atoms with van der Waals surface area (Å²) in [4.78, 5) is 12.4. The molecule has 0 unspecified atom stereocenters. The van der Waals surface area contributed by atoms with Crippen molar-refractivity contribution in [1.29, 1.82) is 0 Å². The average Bonchev–Trinajstić information content (AvgIpc) is 2.61. The van der Waals surface area contributed by atoms with Gasteiger partial charge in [0.15, 0.2) is 0 Å².